The van der Waals surface area contributed by atoms with Gasteiger partial charge in [-0.25, -0.2) is 19.3 Å². The standard InChI is InChI=1S/C12H18N6O2/c1-7-5-17(6-9(4-13)20-7)10-3-11-15-16-12(19)18(11)8(2)14-10/h3,7,9H,4-6,13H2,1-2H3,(H,16,19). The van der Waals surface area contributed by atoms with Gasteiger partial charge < -0.3 is 15.4 Å². The van der Waals surface area contributed by atoms with E-state index >= 15 is 0 Å². The van der Waals surface area contributed by atoms with Crippen molar-refractivity contribution in [1.29, 1.82) is 0 Å². The Hall–Kier alpha value is -1.93. The third kappa shape index (κ3) is 2.16. The van der Waals surface area contributed by atoms with Crippen molar-refractivity contribution < 1.29 is 4.74 Å². The van der Waals surface area contributed by atoms with E-state index < -0.39 is 0 Å². The molecule has 0 aliphatic carbocycles. The minimum atomic E-state index is -0.272. The summed E-state index contributed by atoms with van der Waals surface area (Å²) >= 11 is 0. The van der Waals surface area contributed by atoms with Gasteiger partial charge in [0.2, 0.25) is 0 Å². The Morgan fingerprint density at radius 1 is 1.55 bits per heavy atom. The Morgan fingerprint density at radius 3 is 3.10 bits per heavy atom. The van der Waals surface area contributed by atoms with E-state index in [4.69, 9.17) is 10.5 Å². The van der Waals surface area contributed by atoms with Crippen molar-refractivity contribution in [3.05, 3.63) is 22.4 Å². The van der Waals surface area contributed by atoms with Crippen LogP contribution in [0.3, 0.4) is 0 Å². The summed E-state index contributed by atoms with van der Waals surface area (Å²) < 4.78 is 7.19. The first-order valence-electron chi connectivity index (χ1n) is 6.63. The summed E-state index contributed by atoms with van der Waals surface area (Å²) in [6.07, 6.45) is 0.0930. The highest BCUT2D eigenvalue weighted by molar-refractivity contribution is 5.51. The molecule has 2 aromatic rings. The second-order valence-corrected chi connectivity index (χ2v) is 5.09. The molecule has 3 heterocycles. The first kappa shape index (κ1) is 13.1. The fraction of sp³-hybridized carbons (Fsp3) is 0.583. The average Bonchev–Trinajstić information content (AvgIpc) is 2.80. The van der Waals surface area contributed by atoms with E-state index in [0.29, 0.717) is 24.6 Å². The second-order valence-electron chi connectivity index (χ2n) is 5.09. The van der Waals surface area contributed by atoms with Crippen molar-refractivity contribution in [2.45, 2.75) is 26.1 Å². The van der Waals surface area contributed by atoms with Crippen molar-refractivity contribution in [1.82, 2.24) is 19.6 Å². The molecule has 0 amide bonds. The molecule has 1 aliphatic heterocycles. The van der Waals surface area contributed by atoms with Crippen molar-refractivity contribution in [2.75, 3.05) is 24.5 Å². The normalized spacial score (nSPS) is 23.4. The molecule has 0 saturated carbocycles. The van der Waals surface area contributed by atoms with Crippen LogP contribution in [-0.4, -0.2) is 51.4 Å². The molecule has 3 N–H and O–H groups in total. The molecule has 0 spiro atoms. The number of nitrogens with two attached hydrogens (primary N) is 1. The number of anilines is 1. The number of fused-ring (bicyclic) bond motifs is 1. The summed E-state index contributed by atoms with van der Waals surface area (Å²) in [4.78, 5) is 18.2. The van der Waals surface area contributed by atoms with Crippen molar-refractivity contribution in [3.63, 3.8) is 0 Å². The third-order valence-electron chi connectivity index (χ3n) is 3.47. The minimum absolute atomic E-state index is 0.00143. The van der Waals surface area contributed by atoms with Crippen LogP contribution in [0.15, 0.2) is 10.9 Å². The third-order valence-corrected chi connectivity index (χ3v) is 3.47. The van der Waals surface area contributed by atoms with E-state index in [-0.39, 0.29) is 17.9 Å². The maximum Gasteiger partial charge on any atom is 0.349 e. The fourth-order valence-electron chi connectivity index (χ4n) is 2.61. The van der Waals surface area contributed by atoms with Crippen molar-refractivity contribution >= 4 is 11.5 Å². The van der Waals surface area contributed by atoms with Gasteiger partial charge >= 0.3 is 5.69 Å². The van der Waals surface area contributed by atoms with E-state index in [0.717, 1.165) is 12.4 Å². The predicted molar refractivity (Wildman–Crippen MR) is 73.9 cm³/mol. The van der Waals surface area contributed by atoms with Gasteiger partial charge in [-0.15, -0.1) is 0 Å². The quantitative estimate of drug-likeness (QED) is 0.751. The van der Waals surface area contributed by atoms with E-state index in [1.807, 2.05) is 6.92 Å². The molecule has 0 bridgehead atoms. The number of ether oxygens (including phenoxy) is 1. The number of H-pyrrole nitrogens is 1. The van der Waals surface area contributed by atoms with Crippen LogP contribution in [0.5, 0.6) is 0 Å². The van der Waals surface area contributed by atoms with Crippen molar-refractivity contribution in [2.24, 2.45) is 5.73 Å². The predicted octanol–water partition coefficient (Wildman–Crippen LogP) is -0.722. The molecule has 1 saturated heterocycles. The summed E-state index contributed by atoms with van der Waals surface area (Å²) in [5.41, 5.74) is 5.99. The molecule has 8 nitrogen and oxygen atoms in total. The molecule has 0 aromatic carbocycles. The average molecular weight is 278 g/mol. The number of rotatable bonds is 2. The van der Waals surface area contributed by atoms with E-state index in [1.54, 1.807) is 13.0 Å². The van der Waals surface area contributed by atoms with Gasteiger partial charge in [0.1, 0.15) is 11.6 Å². The molecule has 8 heteroatoms. The lowest BCUT2D eigenvalue weighted by atomic mass is 10.2. The highest BCUT2D eigenvalue weighted by Crippen LogP contribution is 2.19. The van der Waals surface area contributed by atoms with Crippen LogP contribution in [0, 0.1) is 6.92 Å². The van der Waals surface area contributed by atoms with Crippen LogP contribution < -0.4 is 16.3 Å². The number of aromatic nitrogens is 4. The van der Waals surface area contributed by atoms with Crippen LogP contribution in [-0.2, 0) is 4.74 Å². The van der Waals surface area contributed by atoms with E-state index in [1.165, 1.54) is 4.40 Å². The number of nitrogens with one attached hydrogen (secondary N) is 1. The summed E-state index contributed by atoms with van der Waals surface area (Å²) in [5.74, 6) is 1.40. The minimum Gasteiger partial charge on any atom is -0.370 e. The summed E-state index contributed by atoms with van der Waals surface area (Å²) in [5, 5.41) is 6.43. The highest BCUT2D eigenvalue weighted by atomic mass is 16.5. The van der Waals surface area contributed by atoms with E-state index in [2.05, 4.69) is 20.1 Å². The zero-order valence-corrected chi connectivity index (χ0v) is 11.5. The van der Waals surface area contributed by atoms with Gasteiger partial charge in [0.15, 0.2) is 5.65 Å². The maximum absolute atomic E-state index is 11.6. The molecule has 1 aliphatic rings. The molecule has 2 unspecified atom stereocenters. The molecule has 2 aromatic heterocycles. The highest BCUT2D eigenvalue weighted by Gasteiger charge is 2.25. The van der Waals surface area contributed by atoms with Crippen LogP contribution >= 0.6 is 0 Å². The topological polar surface area (TPSA) is 102 Å². The Balaban J connectivity index is 1.99. The number of hydrogen-bond acceptors (Lipinski definition) is 6. The molecule has 108 valence electrons. The smallest absolute Gasteiger partial charge is 0.349 e. The monoisotopic (exact) mass is 278 g/mol. The number of aromatic amines is 1. The van der Waals surface area contributed by atoms with Crippen LogP contribution in [0.4, 0.5) is 5.82 Å². The molecule has 1 fully saturated rings. The van der Waals surface area contributed by atoms with Gasteiger partial charge in [-0.2, -0.15) is 5.10 Å². The Bertz CT molecular complexity index is 678. The van der Waals surface area contributed by atoms with E-state index in [9.17, 15) is 4.79 Å². The summed E-state index contributed by atoms with van der Waals surface area (Å²) in [7, 11) is 0. The first-order chi connectivity index (χ1) is 9.58. The molecule has 0 radical (unpaired) electrons. The summed E-state index contributed by atoms with van der Waals surface area (Å²) in [6.45, 7) is 5.72. The fourth-order valence-corrected chi connectivity index (χ4v) is 2.61. The summed E-state index contributed by atoms with van der Waals surface area (Å²) in [6, 6.07) is 1.80. The van der Waals surface area contributed by atoms with Crippen molar-refractivity contribution in [3.8, 4) is 0 Å². The molecular formula is C12H18N6O2. The second kappa shape index (κ2) is 4.88. The van der Waals surface area contributed by atoms with Gasteiger partial charge in [-0.3, -0.25) is 0 Å². The van der Waals surface area contributed by atoms with Gasteiger partial charge in [-0.05, 0) is 13.8 Å². The maximum atomic E-state index is 11.6. The zero-order valence-electron chi connectivity index (χ0n) is 11.5. The number of morpholine rings is 1. The number of nitrogens with zero attached hydrogens (tertiary/aromatic N) is 4. The zero-order chi connectivity index (χ0) is 14.3. The van der Waals surface area contributed by atoms with Crippen LogP contribution in [0.1, 0.15) is 12.7 Å². The number of aryl methyl sites for hydroxylation is 1. The SMILES string of the molecule is Cc1nc(N2CC(C)OC(CN)C2)cc2n[nH]c(=O)n12. The van der Waals surface area contributed by atoms with Crippen LogP contribution in [0.25, 0.3) is 5.65 Å². The van der Waals surface area contributed by atoms with Gasteiger partial charge in [-0.1, -0.05) is 0 Å². The lowest BCUT2D eigenvalue weighted by molar-refractivity contribution is -0.0107. The number of hydrogen-bond donors (Lipinski definition) is 2. The van der Waals surface area contributed by atoms with Gasteiger partial charge in [0.05, 0.1) is 12.2 Å². The Kier molecular flexibility index (Phi) is 3.19. The molecule has 2 atom stereocenters. The van der Waals surface area contributed by atoms with Gasteiger partial charge in [0, 0.05) is 25.7 Å². The lowest BCUT2D eigenvalue weighted by Crippen LogP contribution is -2.49. The molecule has 20 heavy (non-hydrogen) atoms. The molecular weight excluding hydrogens is 260 g/mol. The largest absolute Gasteiger partial charge is 0.370 e. The lowest BCUT2D eigenvalue weighted by Gasteiger charge is -2.37. The first-order valence-corrected chi connectivity index (χ1v) is 6.63. The molecule has 3 rings (SSSR count). The van der Waals surface area contributed by atoms with Crippen LogP contribution in [0.2, 0.25) is 0 Å². The Labute approximate surface area is 115 Å². The van der Waals surface area contributed by atoms with Gasteiger partial charge in [0.25, 0.3) is 0 Å². The Morgan fingerprint density at radius 2 is 2.35 bits per heavy atom.